The molecule has 0 unspecified atom stereocenters. The van der Waals surface area contributed by atoms with E-state index in [1.165, 1.54) is 184 Å². The van der Waals surface area contributed by atoms with Crippen LogP contribution in [0, 0.1) is 0 Å². The van der Waals surface area contributed by atoms with E-state index in [0.717, 1.165) is 77.6 Å². The van der Waals surface area contributed by atoms with Crippen LogP contribution in [0.3, 0.4) is 0 Å². The summed E-state index contributed by atoms with van der Waals surface area (Å²) >= 11 is 1.90. The van der Waals surface area contributed by atoms with Crippen LogP contribution in [-0.2, 0) is 5.41 Å². The van der Waals surface area contributed by atoms with Gasteiger partial charge in [-0.15, -0.1) is 11.3 Å². The zero-order valence-electron chi connectivity index (χ0n) is 71.6. The van der Waals surface area contributed by atoms with E-state index in [1.807, 2.05) is 85.7 Å². The molecule has 0 amide bonds. The summed E-state index contributed by atoms with van der Waals surface area (Å²) in [5.41, 5.74) is 28.0. The maximum absolute atomic E-state index is 6.78. The highest BCUT2D eigenvalue weighted by Crippen LogP contribution is 2.54. The smallest absolute Gasteiger partial charge is 0.143 e. The monoisotopic (exact) mass is 1690 g/mol. The lowest BCUT2D eigenvalue weighted by Crippen LogP contribution is -2.15. The van der Waals surface area contributed by atoms with Gasteiger partial charge in [0.25, 0.3) is 0 Å². The molecule has 27 rings (SSSR count). The first-order valence-electron chi connectivity index (χ1n) is 44.5. The molecular weight excluding hydrogens is 1610 g/mol. The normalized spacial score (nSPS) is 12.3. The highest BCUT2D eigenvalue weighted by Gasteiger charge is 2.37. The van der Waals surface area contributed by atoms with Gasteiger partial charge in [-0.25, -0.2) is 0 Å². The molecule has 0 bridgehead atoms. The van der Waals surface area contributed by atoms with Crippen LogP contribution in [0.2, 0.25) is 0 Å². The fourth-order valence-electron chi connectivity index (χ4n) is 20.8. The van der Waals surface area contributed by atoms with E-state index < -0.39 is 0 Å². The van der Waals surface area contributed by atoms with E-state index in [4.69, 9.17) is 4.42 Å². The van der Waals surface area contributed by atoms with Crippen LogP contribution in [-0.4, -0.2) is 29.9 Å². The molecule has 131 heavy (non-hydrogen) atoms. The third-order valence-electron chi connectivity index (χ3n) is 27.1. The molecule has 0 radical (unpaired) electrons. The first-order valence-corrected chi connectivity index (χ1v) is 45.3. The summed E-state index contributed by atoms with van der Waals surface area (Å²) in [6.07, 6.45) is 22.2. The quantitative estimate of drug-likeness (QED) is 0.133. The summed E-state index contributed by atoms with van der Waals surface area (Å²) < 4.78 is 9.41. The zero-order valence-corrected chi connectivity index (χ0v) is 72.4. The van der Waals surface area contributed by atoms with Crippen molar-refractivity contribution in [1.82, 2.24) is 29.9 Å². The van der Waals surface area contributed by atoms with Gasteiger partial charge in [-0.2, -0.15) is 0 Å². The van der Waals surface area contributed by atoms with Crippen LogP contribution in [0.25, 0.3) is 250 Å². The average Bonchev–Trinajstić information content (AvgIpc) is 1.37. The van der Waals surface area contributed by atoms with Crippen LogP contribution in [0.5, 0.6) is 0 Å². The van der Waals surface area contributed by atoms with Gasteiger partial charge >= 0.3 is 0 Å². The van der Waals surface area contributed by atoms with Gasteiger partial charge in [-0.1, -0.05) is 208 Å². The summed E-state index contributed by atoms with van der Waals surface area (Å²) in [4.78, 5) is 25.5. The van der Waals surface area contributed by atoms with E-state index in [0.29, 0.717) is 0 Å². The van der Waals surface area contributed by atoms with Crippen LogP contribution >= 0.6 is 11.3 Å². The van der Waals surface area contributed by atoms with Gasteiger partial charge in [0.15, 0.2) is 0 Å². The summed E-state index contributed by atoms with van der Waals surface area (Å²) in [6, 6.07) is 133. The Morgan fingerprint density at radius 1 is 0.183 bits per heavy atom. The lowest BCUT2D eigenvalue weighted by Gasteiger charge is -2.23. The molecule has 1 aliphatic rings. The van der Waals surface area contributed by atoms with Crippen molar-refractivity contribution in [3.8, 4) is 111 Å². The van der Waals surface area contributed by atoms with Crippen LogP contribution in [0.1, 0.15) is 25.0 Å². The number of hydrogen-bond donors (Lipinski definition) is 0. The van der Waals surface area contributed by atoms with E-state index >= 15 is 0 Å². The molecule has 612 valence electrons. The fraction of sp³-hybridized carbons (Fsp3) is 0.0244. The fourth-order valence-corrected chi connectivity index (χ4v) is 22.0. The van der Waals surface area contributed by atoms with E-state index in [2.05, 4.69) is 408 Å². The Morgan fingerprint density at radius 2 is 0.473 bits per heavy atom. The number of pyridine rings is 6. The Bertz CT molecular complexity index is 8590. The summed E-state index contributed by atoms with van der Waals surface area (Å²) in [5.74, 6) is 0. The number of thiophene rings is 1. The number of rotatable bonds is 9. The molecule has 0 saturated heterocycles. The van der Waals surface area contributed by atoms with Crippen LogP contribution in [0.15, 0.2) is 443 Å². The van der Waals surface area contributed by atoms with Crippen molar-refractivity contribution in [2.45, 2.75) is 19.3 Å². The maximum Gasteiger partial charge on any atom is 0.143 e. The van der Waals surface area contributed by atoms with Gasteiger partial charge in [0.2, 0.25) is 0 Å². The molecule has 0 saturated carbocycles. The third-order valence-corrected chi connectivity index (χ3v) is 28.3. The largest absolute Gasteiger partial charge is 0.455 e. The molecule has 18 aromatic carbocycles. The van der Waals surface area contributed by atoms with Crippen LogP contribution in [0.4, 0.5) is 0 Å². The topological polar surface area (TPSA) is 90.5 Å². The van der Waals surface area contributed by atoms with Crippen molar-refractivity contribution in [2.24, 2.45) is 0 Å². The van der Waals surface area contributed by atoms with E-state index in [1.54, 1.807) is 0 Å². The Hall–Kier alpha value is -16.8. The molecule has 0 spiro atoms. The van der Waals surface area contributed by atoms with Crippen molar-refractivity contribution in [2.75, 3.05) is 0 Å². The molecule has 0 aliphatic heterocycles. The SMILES string of the molecule is CC1(C)c2cc(-c3cc(-c4ccncc4)cc(-c4ccncc4)c3)ccc2-c2cc3c4ccccc4c4ccccc4c3cc21.c1cc(-c2cc(-c3ccncc3)cc(-c3ccncc3)c2)c2oc3cc4c5ccccc5c5ccccc5c4cc3c2c1.c1cc(-c2cc(-c3ccncc3)cc(-c3ccncc3)c2)c2sc3cc4c5ccccc5c5ccccc5c4cc3c2c1. The first-order chi connectivity index (χ1) is 64.7. The van der Waals surface area contributed by atoms with Gasteiger partial charge in [-0.3, -0.25) is 29.9 Å². The highest BCUT2D eigenvalue weighted by atomic mass is 32.1. The molecule has 26 aromatic rings. The Labute approximate surface area is 759 Å². The number of fused-ring (bicyclic) bond motifs is 27. The Morgan fingerprint density at radius 3 is 0.863 bits per heavy atom. The average molecular weight is 1690 g/mol. The second kappa shape index (κ2) is 31.4. The van der Waals surface area contributed by atoms with E-state index in [9.17, 15) is 0 Å². The molecule has 0 fully saturated rings. The third kappa shape index (κ3) is 13.2. The van der Waals surface area contributed by atoms with E-state index in [-0.39, 0.29) is 5.41 Å². The van der Waals surface area contributed by atoms with Crippen LogP contribution < -0.4 is 0 Å². The minimum atomic E-state index is -0.141. The second-order valence-electron chi connectivity index (χ2n) is 34.8. The van der Waals surface area contributed by atoms with Gasteiger partial charge < -0.3 is 4.42 Å². The predicted octanol–water partition coefficient (Wildman–Crippen LogP) is 33.4. The molecule has 0 N–H and O–H groups in total. The van der Waals surface area contributed by atoms with Crippen molar-refractivity contribution >= 4 is 150 Å². The van der Waals surface area contributed by atoms with Crippen molar-refractivity contribution in [1.29, 1.82) is 0 Å². The number of aromatic nitrogens is 6. The molecule has 0 atom stereocenters. The summed E-state index contributed by atoms with van der Waals surface area (Å²) in [7, 11) is 0. The number of hydrogen-bond acceptors (Lipinski definition) is 8. The van der Waals surface area contributed by atoms with Crippen molar-refractivity contribution < 1.29 is 4.42 Å². The number of benzene rings is 18. The maximum atomic E-state index is 6.78. The Kier molecular flexibility index (Phi) is 18.3. The second-order valence-corrected chi connectivity index (χ2v) is 35.8. The molecule has 8 heteroatoms. The molecule has 7 nitrogen and oxygen atoms in total. The molecular formula is C123H78N6OS. The molecule has 8 aromatic heterocycles. The lowest BCUT2D eigenvalue weighted by molar-refractivity contribution is 0.661. The first kappa shape index (κ1) is 76.6. The summed E-state index contributed by atoms with van der Waals surface area (Å²) in [6.45, 7) is 4.76. The molecule has 1 aliphatic carbocycles. The van der Waals surface area contributed by atoms with Gasteiger partial charge in [-0.05, 0) is 384 Å². The standard InChI is InChI=1S/C43H30N2.C40H24N2O.C40H24N2S/c1-43(2)41-24-29(32-22-30(27-13-17-44-18-14-27)21-31(23-32)28-15-19-45-20-16-28)11-12-37(41)40-25-38-35-9-5-3-7-33(35)34-8-4-6-10-36(34)39(38)26-42(40)43;2*1-3-8-33-31(6-1)32-7-2-4-9-34(32)37-24-39-38(23-36(33)37)35-11-5-10-30(40(35)43-39)29-21-27(25-12-16-41-17-13-25)20-28(22-29)26-14-18-42-19-15-26/h3-26H,1-2H3;2*1-24H. The minimum absolute atomic E-state index is 0.141. The zero-order chi connectivity index (χ0) is 86.8. The molecule has 8 heterocycles. The van der Waals surface area contributed by atoms with Gasteiger partial charge in [0.1, 0.15) is 11.2 Å². The predicted molar refractivity (Wildman–Crippen MR) is 550 cm³/mol. The number of furan rings is 1. The van der Waals surface area contributed by atoms with Crippen molar-refractivity contribution in [3.05, 3.63) is 449 Å². The van der Waals surface area contributed by atoms with Crippen molar-refractivity contribution in [3.63, 3.8) is 0 Å². The number of para-hydroxylation sites is 1. The summed E-state index contributed by atoms with van der Waals surface area (Å²) in [5, 5.41) is 28.1. The minimum Gasteiger partial charge on any atom is -0.455 e. The Balaban J connectivity index is 0.000000106. The van der Waals surface area contributed by atoms with Gasteiger partial charge in [0.05, 0.1) is 0 Å². The number of nitrogens with zero attached hydrogens (tertiary/aromatic N) is 6. The lowest BCUT2D eigenvalue weighted by atomic mass is 9.80. The van der Waals surface area contributed by atoms with Gasteiger partial charge in [0, 0.05) is 116 Å². The highest BCUT2D eigenvalue weighted by molar-refractivity contribution is 7.26.